The van der Waals surface area contributed by atoms with E-state index in [-0.39, 0.29) is 0 Å². The topological polar surface area (TPSA) is 80.0 Å². The molecule has 1 aliphatic rings. The lowest BCUT2D eigenvalue weighted by molar-refractivity contribution is 0.461. The molecule has 0 spiro atoms. The van der Waals surface area contributed by atoms with Crippen LogP contribution >= 0.6 is 15.9 Å². The molecule has 0 unspecified atom stereocenters. The van der Waals surface area contributed by atoms with E-state index in [0.717, 1.165) is 26.9 Å². The van der Waals surface area contributed by atoms with Crippen molar-refractivity contribution in [2.75, 3.05) is 10.6 Å². The number of hydrogen-bond donors (Lipinski definition) is 2. The maximum Gasteiger partial charge on any atom is 0.229 e. The lowest BCUT2D eigenvalue weighted by atomic mass is 9.96. The summed E-state index contributed by atoms with van der Waals surface area (Å²) in [6.45, 7) is 0.634. The summed E-state index contributed by atoms with van der Waals surface area (Å²) < 4.78 is 2.59. The smallest absolute Gasteiger partial charge is 0.229 e. The van der Waals surface area contributed by atoms with Crippen LogP contribution < -0.4 is 10.6 Å². The first-order chi connectivity index (χ1) is 15.3. The number of aromatic nitrogens is 5. The zero-order valence-electron chi connectivity index (χ0n) is 17.1. The number of rotatable bonds is 6. The molecule has 1 saturated carbocycles. The van der Waals surface area contributed by atoms with Crippen LogP contribution in [0.1, 0.15) is 37.7 Å². The Labute approximate surface area is 189 Å². The summed E-state index contributed by atoms with van der Waals surface area (Å²) in [6.07, 6.45) is 9.73. The Hall–Kier alpha value is -3.00. The Balaban J connectivity index is 1.34. The van der Waals surface area contributed by atoms with Gasteiger partial charge in [-0.15, -0.1) is 0 Å². The van der Waals surface area contributed by atoms with Crippen LogP contribution in [0.3, 0.4) is 0 Å². The number of nitrogens with one attached hydrogen (secondary N) is 2. The first-order valence-electron chi connectivity index (χ1n) is 10.7. The Kier molecular flexibility index (Phi) is 5.80. The minimum atomic E-state index is 0.435. The third-order valence-electron chi connectivity index (χ3n) is 5.63. The molecule has 8 heteroatoms. The van der Waals surface area contributed by atoms with Gasteiger partial charge in [-0.2, -0.15) is 19.6 Å². The lowest BCUT2D eigenvalue weighted by Crippen LogP contribution is -2.24. The molecule has 7 nitrogen and oxygen atoms in total. The van der Waals surface area contributed by atoms with Crippen molar-refractivity contribution in [1.29, 1.82) is 0 Å². The molecule has 31 heavy (non-hydrogen) atoms. The van der Waals surface area contributed by atoms with Gasteiger partial charge in [-0.25, -0.2) is 0 Å². The lowest BCUT2D eigenvalue weighted by Gasteiger charge is -2.23. The Morgan fingerprint density at radius 2 is 1.84 bits per heavy atom. The van der Waals surface area contributed by atoms with E-state index in [1.807, 2.05) is 24.4 Å². The highest BCUT2D eigenvalue weighted by atomic mass is 79.9. The second kappa shape index (κ2) is 9.01. The van der Waals surface area contributed by atoms with Crippen LogP contribution in [-0.4, -0.2) is 30.6 Å². The molecular weight excluding hydrogens is 454 g/mol. The van der Waals surface area contributed by atoms with Crippen LogP contribution in [0.4, 0.5) is 11.9 Å². The average molecular weight is 478 g/mol. The molecule has 3 aromatic heterocycles. The molecule has 0 bridgehead atoms. The van der Waals surface area contributed by atoms with Crippen molar-refractivity contribution in [3.8, 4) is 11.3 Å². The van der Waals surface area contributed by atoms with Gasteiger partial charge in [0.1, 0.15) is 0 Å². The molecule has 1 fully saturated rings. The van der Waals surface area contributed by atoms with Crippen LogP contribution in [-0.2, 0) is 6.54 Å². The van der Waals surface area contributed by atoms with Crippen LogP contribution in [0.2, 0.25) is 0 Å². The van der Waals surface area contributed by atoms with Gasteiger partial charge in [0.2, 0.25) is 11.9 Å². The van der Waals surface area contributed by atoms with Crippen molar-refractivity contribution >= 4 is 33.5 Å². The number of pyridine rings is 1. The predicted molar refractivity (Wildman–Crippen MR) is 126 cm³/mol. The first kappa shape index (κ1) is 19.9. The first-order valence-corrected chi connectivity index (χ1v) is 11.5. The fourth-order valence-electron chi connectivity index (χ4n) is 3.97. The molecule has 4 aromatic rings. The summed E-state index contributed by atoms with van der Waals surface area (Å²) in [4.78, 5) is 13.8. The number of halogens is 1. The van der Waals surface area contributed by atoms with Crippen molar-refractivity contribution in [3.63, 3.8) is 0 Å². The number of hydrogen-bond acceptors (Lipinski definition) is 6. The molecule has 3 heterocycles. The molecule has 0 radical (unpaired) electrons. The van der Waals surface area contributed by atoms with E-state index in [4.69, 9.17) is 4.98 Å². The Morgan fingerprint density at radius 1 is 1.00 bits per heavy atom. The minimum Gasteiger partial charge on any atom is -0.351 e. The zero-order valence-corrected chi connectivity index (χ0v) is 18.7. The van der Waals surface area contributed by atoms with Crippen LogP contribution in [0.5, 0.6) is 0 Å². The summed E-state index contributed by atoms with van der Waals surface area (Å²) >= 11 is 3.55. The second-order valence-corrected chi connectivity index (χ2v) is 8.70. The quantitative estimate of drug-likeness (QED) is 0.391. The van der Waals surface area contributed by atoms with Crippen molar-refractivity contribution in [3.05, 3.63) is 64.9 Å². The van der Waals surface area contributed by atoms with Gasteiger partial charge in [0.05, 0.1) is 16.4 Å². The fourth-order valence-corrected chi connectivity index (χ4v) is 4.32. The summed E-state index contributed by atoms with van der Waals surface area (Å²) in [6, 6.07) is 14.8. The number of anilines is 2. The van der Waals surface area contributed by atoms with Crippen molar-refractivity contribution in [2.24, 2.45) is 0 Å². The fraction of sp³-hybridized carbons (Fsp3) is 0.304. The number of benzene rings is 1. The second-order valence-electron chi connectivity index (χ2n) is 7.84. The number of nitrogens with zero attached hydrogens (tertiary/aromatic N) is 5. The normalized spacial score (nSPS) is 14.6. The summed E-state index contributed by atoms with van der Waals surface area (Å²) in [5, 5.41) is 11.4. The largest absolute Gasteiger partial charge is 0.351 e. The molecule has 2 N–H and O–H groups in total. The van der Waals surface area contributed by atoms with Crippen molar-refractivity contribution in [1.82, 2.24) is 24.6 Å². The van der Waals surface area contributed by atoms with Gasteiger partial charge in [-0.1, -0.05) is 49.6 Å². The van der Waals surface area contributed by atoms with E-state index < -0.39 is 0 Å². The van der Waals surface area contributed by atoms with Crippen molar-refractivity contribution in [2.45, 2.75) is 44.7 Å². The van der Waals surface area contributed by atoms with E-state index in [1.165, 1.54) is 32.1 Å². The molecule has 5 rings (SSSR count). The standard InChI is InChI=1S/C23H24BrN7/c24-19-15-27-31-21(19)29-22(28-18-6-2-1-3-7-18)30-23(31)26-14-16-9-11-17(12-10-16)20-8-4-5-13-25-20/h4-5,8-13,15,18H,1-3,6-7,14H2,(H2,26,28,29,30). The van der Waals surface area contributed by atoms with Gasteiger partial charge < -0.3 is 10.6 Å². The van der Waals surface area contributed by atoms with E-state index >= 15 is 0 Å². The van der Waals surface area contributed by atoms with Gasteiger partial charge in [0, 0.05) is 24.3 Å². The summed E-state index contributed by atoms with van der Waals surface area (Å²) in [7, 11) is 0. The highest BCUT2D eigenvalue weighted by Gasteiger charge is 2.17. The maximum atomic E-state index is 4.72. The molecule has 0 saturated heterocycles. The molecule has 0 atom stereocenters. The van der Waals surface area contributed by atoms with E-state index in [1.54, 1.807) is 10.7 Å². The SMILES string of the molecule is Brc1cnn2c(NCc3ccc(-c4ccccn4)cc3)nc(NC3CCCCC3)nc12. The maximum absolute atomic E-state index is 4.72. The van der Waals surface area contributed by atoms with Crippen LogP contribution in [0.25, 0.3) is 16.9 Å². The Morgan fingerprint density at radius 3 is 2.61 bits per heavy atom. The summed E-state index contributed by atoms with van der Waals surface area (Å²) in [5.41, 5.74) is 3.98. The number of fused-ring (bicyclic) bond motifs is 1. The highest BCUT2D eigenvalue weighted by molar-refractivity contribution is 9.10. The van der Waals surface area contributed by atoms with E-state index in [2.05, 4.69) is 65.9 Å². The van der Waals surface area contributed by atoms with Crippen LogP contribution in [0, 0.1) is 0 Å². The van der Waals surface area contributed by atoms with Crippen LogP contribution in [0.15, 0.2) is 59.3 Å². The monoisotopic (exact) mass is 477 g/mol. The van der Waals surface area contributed by atoms with Gasteiger partial charge >= 0.3 is 0 Å². The third kappa shape index (κ3) is 4.54. The molecular formula is C23H24BrN7. The van der Waals surface area contributed by atoms with Gasteiger partial charge in [0.25, 0.3) is 0 Å². The molecule has 0 aliphatic heterocycles. The molecule has 1 aliphatic carbocycles. The highest BCUT2D eigenvalue weighted by Crippen LogP contribution is 2.24. The zero-order chi connectivity index (χ0) is 21.0. The molecule has 158 valence electrons. The van der Waals surface area contributed by atoms with Gasteiger partial charge in [-0.3, -0.25) is 4.98 Å². The van der Waals surface area contributed by atoms with Gasteiger partial charge in [-0.05, 0) is 46.5 Å². The van der Waals surface area contributed by atoms with Crippen molar-refractivity contribution < 1.29 is 0 Å². The average Bonchev–Trinajstić information content (AvgIpc) is 3.20. The molecule has 0 amide bonds. The minimum absolute atomic E-state index is 0.435. The Bertz CT molecular complexity index is 1150. The van der Waals surface area contributed by atoms with E-state index in [0.29, 0.717) is 24.5 Å². The predicted octanol–water partition coefficient (Wildman–Crippen LogP) is 5.31. The summed E-state index contributed by atoms with van der Waals surface area (Å²) in [5.74, 6) is 1.32. The van der Waals surface area contributed by atoms with E-state index in [9.17, 15) is 0 Å². The third-order valence-corrected chi connectivity index (χ3v) is 6.19. The van der Waals surface area contributed by atoms with Gasteiger partial charge in [0.15, 0.2) is 5.65 Å². The molecule has 1 aromatic carbocycles.